The maximum atomic E-state index is 5.20. The highest BCUT2D eigenvalue weighted by Crippen LogP contribution is 2.46. The van der Waals surface area contributed by atoms with Crippen LogP contribution in [-0.2, 0) is 0 Å². The summed E-state index contributed by atoms with van der Waals surface area (Å²) in [5.41, 5.74) is 7.83. The number of nitrogens with zero attached hydrogens (tertiary/aromatic N) is 2. The third kappa shape index (κ3) is 4.45. The van der Waals surface area contributed by atoms with Gasteiger partial charge in [0.25, 0.3) is 0 Å². The molecular formula is C33H24N2S. The second kappa shape index (κ2) is 10.0. The summed E-state index contributed by atoms with van der Waals surface area (Å²) in [5.74, 6) is 0. The summed E-state index contributed by atoms with van der Waals surface area (Å²) in [5, 5.41) is 2.10. The zero-order chi connectivity index (χ0) is 24.2. The van der Waals surface area contributed by atoms with Crippen LogP contribution in [-0.4, -0.2) is 4.98 Å². The number of hydrogen-bond acceptors (Lipinski definition) is 3. The maximum absolute atomic E-state index is 5.20. The molecule has 2 nitrogen and oxygen atoms in total. The summed E-state index contributed by atoms with van der Waals surface area (Å²) in [7, 11) is 0. The minimum atomic E-state index is 0.982. The summed E-state index contributed by atoms with van der Waals surface area (Å²) in [6, 6.07) is 50.7. The van der Waals surface area contributed by atoms with Crippen LogP contribution in [0.25, 0.3) is 33.0 Å². The van der Waals surface area contributed by atoms with E-state index in [1.165, 1.54) is 11.1 Å². The highest BCUT2D eigenvalue weighted by molar-refractivity contribution is 7.19. The topological polar surface area (TPSA) is 16.1 Å². The molecule has 0 N–H and O–H groups in total. The smallest absolute Gasteiger partial charge is 0.129 e. The lowest BCUT2D eigenvalue weighted by Crippen LogP contribution is -2.09. The predicted molar refractivity (Wildman–Crippen MR) is 153 cm³/mol. The van der Waals surface area contributed by atoms with Gasteiger partial charge in [-0.05, 0) is 35.4 Å². The Labute approximate surface area is 215 Å². The minimum Gasteiger partial charge on any atom is -0.300 e. The molecule has 0 saturated carbocycles. The third-order valence-corrected chi connectivity index (χ3v) is 7.22. The van der Waals surface area contributed by atoms with Crippen LogP contribution < -0.4 is 4.90 Å². The van der Waals surface area contributed by atoms with E-state index in [1.807, 2.05) is 12.1 Å². The molecule has 0 aliphatic rings. The van der Waals surface area contributed by atoms with Crippen molar-refractivity contribution in [3.05, 3.63) is 146 Å². The summed E-state index contributed by atoms with van der Waals surface area (Å²) >= 11 is 1.72. The molecule has 36 heavy (non-hydrogen) atoms. The SMILES string of the molecule is c1ccc(-c2ccc(-c3nc(-c4ccccc4)c(N(c4ccccc4)c4ccccc4)s3)cc2)cc1. The average Bonchev–Trinajstić information content (AvgIpc) is 3.40. The fourth-order valence-corrected chi connectivity index (χ4v) is 5.48. The number of anilines is 3. The Kier molecular flexibility index (Phi) is 6.13. The van der Waals surface area contributed by atoms with E-state index in [2.05, 4.69) is 138 Å². The highest BCUT2D eigenvalue weighted by Gasteiger charge is 2.22. The van der Waals surface area contributed by atoms with E-state index in [0.29, 0.717) is 0 Å². The minimum absolute atomic E-state index is 0.982. The van der Waals surface area contributed by atoms with Crippen LogP contribution in [0.15, 0.2) is 146 Å². The highest BCUT2D eigenvalue weighted by atomic mass is 32.1. The standard InChI is InChI=1S/C33H24N2S/c1-5-13-25(14-6-1)26-21-23-28(24-22-26)32-34-31(27-15-7-2-8-16-27)33(36-32)35(29-17-9-3-10-18-29)30-19-11-4-12-20-30/h1-24H. The van der Waals surface area contributed by atoms with Crippen molar-refractivity contribution >= 4 is 27.7 Å². The molecule has 0 fully saturated rings. The first-order valence-electron chi connectivity index (χ1n) is 12.0. The summed E-state index contributed by atoms with van der Waals surface area (Å²) in [6.45, 7) is 0. The molecule has 0 unspecified atom stereocenters. The predicted octanol–water partition coefficient (Wildman–Crippen LogP) is 9.61. The van der Waals surface area contributed by atoms with E-state index in [9.17, 15) is 0 Å². The summed E-state index contributed by atoms with van der Waals surface area (Å²) in [6.07, 6.45) is 0. The molecule has 0 amide bonds. The maximum Gasteiger partial charge on any atom is 0.129 e. The van der Waals surface area contributed by atoms with Crippen molar-refractivity contribution < 1.29 is 0 Å². The molecule has 1 aromatic heterocycles. The number of rotatable bonds is 6. The first kappa shape index (κ1) is 22.0. The number of benzene rings is 5. The number of hydrogen-bond donors (Lipinski definition) is 0. The van der Waals surface area contributed by atoms with Crippen molar-refractivity contribution in [3.8, 4) is 33.0 Å². The Balaban J connectivity index is 1.50. The van der Waals surface area contributed by atoms with Gasteiger partial charge in [-0.15, -0.1) is 0 Å². The molecule has 3 heteroatoms. The van der Waals surface area contributed by atoms with E-state index in [1.54, 1.807) is 11.3 Å². The molecule has 1 heterocycles. The van der Waals surface area contributed by atoms with Gasteiger partial charge in [-0.3, -0.25) is 0 Å². The Morgan fingerprint density at radius 3 is 1.36 bits per heavy atom. The second-order valence-electron chi connectivity index (χ2n) is 8.49. The van der Waals surface area contributed by atoms with Crippen molar-refractivity contribution in [1.82, 2.24) is 4.98 Å². The van der Waals surface area contributed by atoms with Crippen LogP contribution in [0.5, 0.6) is 0 Å². The molecule has 5 aromatic carbocycles. The fraction of sp³-hybridized carbons (Fsp3) is 0. The second-order valence-corrected chi connectivity index (χ2v) is 9.47. The van der Waals surface area contributed by atoms with Crippen molar-refractivity contribution in [1.29, 1.82) is 0 Å². The molecule has 0 aliphatic heterocycles. The lowest BCUT2D eigenvalue weighted by atomic mass is 10.0. The van der Waals surface area contributed by atoms with Crippen LogP contribution in [0.1, 0.15) is 0 Å². The van der Waals surface area contributed by atoms with E-state index < -0.39 is 0 Å². The van der Waals surface area contributed by atoms with Crippen molar-refractivity contribution in [2.24, 2.45) is 0 Å². The Morgan fingerprint density at radius 1 is 0.417 bits per heavy atom. The molecule has 172 valence electrons. The van der Waals surface area contributed by atoms with E-state index in [0.717, 1.165) is 38.2 Å². The van der Waals surface area contributed by atoms with E-state index >= 15 is 0 Å². The van der Waals surface area contributed by atoms with Gasteiger partial charge in [-0.2, -0.15) is 0 Å². The van der Waals surface area contributed by atoms with Crippen molar-refractivity contribution in [2.45, 2.75) is 0 Å². The average molecular weight is 481 g/mol. The van der Waals surface area contributed by atoms with Crippen LogP contribution in [0, 0.1) is 0 Å². The number of aromatic nitrogens is 1. The van der Waals surface area contributed by atoms with Gasteiger partial charge in [-0.25, -0.2) is 4.98 Å². The van der Waals surface area contributed by atoms with Gasteiger partial charge in [0.15, 0.2) is 0 Å². The molecule has 6 rings (SSSR count). The largest absolute Gasteiger partial charge is 0.300 e. The molecular weight excluding hydrogens is 456 g/mol. The normalized spacial score (nSPS) is 10.8. The first-order valence-corrected chi connectivity index (χ1v) is 12.8. The van der Waals surface area contributed by atoms with Gasteiger partial charge in [0.05, 0.1) is 0 Å². The molecule has 0 radical (unpaired) electrons. The Bertz CT molecular complexity index is 1500. The first-order chi connectivity index (χ1) is 17.9. The Morgan fingerprint density at radius 2 is 0.833 bits per heavy atom. The molecule has 0 spiro atoms. The van der Waals surface area contributed by atoms with Gasteiger partial charge in [0, 0.05) is 22.5 Å². The van der Waals surface area contributed by atoms with Crippen LogP contribution >= 0.6 is 11.3 Å². The molecule has 0 atom stereocenters. The number of para-hydroxylation sites is 2. The van der Waals surface area contributed by atoms with Crippen molar-refractivity contribution in [3.63, 3.8) is 0 Å². The van der Waals surface area contributed by atoms with Crippen LogP contribution in [0.3, 0.4) is 0 Å². The van der Waals surface area contributed by atoms with Gasteiger partial charge >= 0.3 is 0 Å². The van der Waals surface area contributed by atoms with Gasteiger partial charge < -0.3 is 4.90 Å². The van der Waals surface area contributed by atoms with Gasteiger partial charge in [0.1, 0.15) is 15.7 Å². The molecule has 0 aliphatic carbocycles. The fourth-order valence-electron chi connectivity index (χ4n) is 4.34. The monoisotopic (exact) mass is 480 g/mol. The zero-order valence-corrected chi connectivity index (χ0v) is 20.5. The van der Waals surface area contributed by atoms with Crippen LogP contribution in [0.4, 0.5) is 16.4 Å². The molecule has 0 saturated heterocycles. The summed E-state index contributed by atoms with van der Waals surface area (Å²) < 4.78 is 0. The van der Waals surface area contributed by atoms with Crippen LogP contribution in [0.2, 0.25) is 0 Å². The van der Waals surface area contributed by atoms with Gasteiger partial charge in [0.2, 0.25) is 0 Å². The quantitative estimate of drug-likeness (QED) is 0.236. The number of thiazole rings is 1. The lowest BCUT2D eigenvalue weighted by molar-refractivity contribution is 1.29. The zero-order valence-electron chi connectivity index (χ0n) is 19.7. The van der Waals surface area contributed by atoms with Gasteiger partial charge in [-0.1, -0.05) is 133 Å². The van der Waals surface area contributed by atoms with E-state index in [4.69, 9.17) is 4.98 Å². The third-order valence-electron chi connectivity index (χ3n) is 6.13. The lowest BCUT2D eigenvalue weighted by Gasteiger charge is -2.24. The molecule has 0 bridgehead atoms. The molecule has 6 aromatic rings. The van der Waals surface area contributed by atoms with E-state index in [-0.39, 0.29) is 0 Å². The Hall–Kier alpha value is -4.47. The van der Waals surface area contributed by atoms with Crippen molar-refractivity contribution in [2.75, 3.05) is 4.90 Å². The summed E-state index contributed by atoms with van der Waals surface area (Å²) in [4.78, 5) is 7.51.